The molecule has 0 aliphatic carbocycles. The van der Waals surface area contributed by atoms with Gasteiger partial charge in [-0.15, -0.1) is 0 Å². The molecule has 0 spiro atoms. The molecule has 0 atom stereocenters. The van der Waals surface area contributed by atoms with Crippen molar-refractivity contribution < 1.29 is 33.4 Å². The molecule has 0 fully saturated rings. The lowest BCUT2D eigenvalue weighted by atomic mass is 9.94. The molecule has 0 aliphatic heterocycles. The van der Waals surface area contributed by atoms with E-state index in [4.69, 9.17) is 19.9 Å². The van der Waals surface area contributed by atoms with E-state index >= 15 is 0 Å². The summed E-state index contributed by atoms with van der Waals surface area (Å²) in [5, 5.41) is 2.38. The fraction of sp³-hybridized carbons (Fsp3) is 0.120. The van der Waals surface area contributed by atoms with Crippen LogP contribution < -0.4 is 20.5 Å². The second-order valence-corrected chi connectivity index (χ2v) is 7.08. The quantitative estimate of drug-likeness (QED) is 0.294. The number of aldehydes is 1. The number of amides is 2. The Bertz CT molecular complexity index is 1240. The van der Waals surface area contributed by atoms with E-state index in [2.05, 4.69) is 5.32 Å². The average Bonchev–Trinajstić information content (AvgIpc) is 2.82. The van der Waals surface area contributed by atoms with Crippen molar-refractivity contribution in [3.8, 4) is 22.6 Å². The first-order chi connectivity index (χ1) is 16.3. The fourth-order valence-electron chi connectivity index (χ4n) is 3.31. The Kier molecular flexibility index (Phi) is 7.60. The van der Waals surface area contributed by atoms with Crippen molar-refractivity contribution in [3.63, 3.8) is 0 Å². The molecule has 9 heteroatoms. The van der Waals surface area contributed by atoms with Crippen LogP contribution in [0, 0.1) is 0 Å². The van der Waals surface area contributed by atoms with Gasteiger partial charge in [0.15, 0.2) is 17.8 Å². The normalized spacial score (nSPS) is 10.2. The van der Waals surface area contributed by atoms with E-state index in [0.29, 0.717) is 17.4 Å². The number of anilines is 1. The number of methoxy groups -OCH3 is 1. The number of hydrogen-bond donors (Lipinski definition) is 2. The van der Waals surface area contributed by atoms with E-state index in [9.17, 15) is 19.2 Å². The molecule has 3 aromatic carbocycles. The molecule has 174 valence electrons. The first kappa shape index (κ1) is 24.0. The van der Waals surface area contributed by atoms with E-state index < -0.39 is 18.0 Å². The zero-order valence-corrected chi connectivity index (χ0v) is 18.5. The van der Waals surface area contributed by atoms with E-state index in [1.807, 2.05) is 30.3 Å². The Hall–Kier alpha value is -4.66. The van der Waals surface area contributed by atoms with Crippen LogP contribution in [0.5, 0.6) is 11.5 Å². The summed E-state index contributed by atoms with van der Waals surface area (Å²) in [7, 11) is 1.20. The molecule has 34 heavy (non-hydrogen) atoms. The molecule has 3 rings (SSSR count). The topological polar surface area (TPSA) is 134 Å². The van der Waals surface area contributed by atoms with Gasteiger partial charge in [0, 0.05) is 12.6 Å². The standard InChI is InChI=1S/C25H22N2O7/c1-15(29)34-23-21(13-28)19(10-11-22(23)33-14-16-6-4-3-5-7-16)18-9-8-17(27-25(26)31)12-20(18)24(30)32-2/h3-13H,14H2,1-2H3,(H3,26,27,31). The van der Waals surface area contributed by atoms with Gasteiger partial charge in [-0.05, 0) is 41.0 Å². The van der Waals surface area contributed by atoms with Crippen LogP contribution in [-0.4, -0.2) is 31.4 Å². The zero-order chi connectivity index (χ0) is 24.7. The lowest BCUT2D eigenvalue weighted by Crippen LogP contribution is -2.19. The van der Waals surface area contributed by atoms with Gasteiger partial charge in [-0.3, -0.25) is 9.59 Å². The molecule has 0 unspecified atom stereocenters. The molecule has 3 aromatic rings. The number of nitrogens with one attached hydrogen (secondary N) is 1. The number of nitrogens with two attached hydrogens (primary N) is 1. The first-order valence-corrected chi connectivity index (χ1v) is 10.1. The van der Waals surface area contributed by atoms with Crippen LogP contribution >= 0.6 is 0 Å². The van der Waals surface area contributed by atoms with Crippen LogP contribution in [0.25, 0.3) is 11.1 Å². The van der Waals surface area contributed by atoms with Crippen molar-refractivity contribution in [1.29, 1.82) is 0 Å². The minimum atomic E-state index is -0.811. The number of benzene rings is 3. The molecule has 0 saturated heterocycles. The van der Waals surface area contributed by atoms with Crippen molar-refractivity contribution in [3.05, 3.63) is 77.4 Å². The molecule has 0 bridgehead atoms. The number of ether oxygens (including phenoxy) is 3. The SMILES string of the molecule is COC(=O)c1cc(NC(N)=O)ccc1-c1ccc(OCc2ccccc2)c(OC(C)=O)c1C=O. The van der Waals surface area contributed by atoms with E-state index in [-0.39, 0.29) is 34.9 Å². The molecule has 2 amide bonds. The summed E-state index contributed by atoms with van der Waals surface area (Å²) in [5.41, 5.74) is 6.95. The van der Waals surface area contributed by atoms with Crippen LogP contribution in [0.15, 0.2) is 60.7 Å². The van der Waals surface area contributed by atoms with Crippen molar-refractivity contribution in [2.75, 3.05) is 12.4 Å². The number of carbonyl (C=O) groups excluding carboxylic acids is 4. The van der Waals surface area contributed by atoms with Crippen molar-refractivity contribution >= 4 is 29.9 Å². The molecule has 0 radical (unpaired) electrons. The number of rotatable bonds is 8. The second kappa shape index (κ2) is 10.8. The van der Waals surface area contributed by atoms with Crippen LogP contribution in [0.1, 0.15) is 33.2 Å². The predicted molar refractivity (Wildman–Crippen MR) is 124 cm³/mol. The number of esters is 2. The number of urea groups is 1. The van der Waals surface area contributed by atoms with E-state index in [0.717, 1.165) is 5.56 Å². The zero-order valence-electron chi connectivity index (χ0n) is 18.5. The maximum absolute atomic E-state index is 12.5. The summed E-state index contributed by atoms with van der Waals surface area (Å²) in [6.45, 7) is 1.38. The Labute approximate surface area is 195 Å². The highest BCUT2D eigenvalue weighted by Gasteiger charge is 2.23. The van der Waals surface area contributed by atoms with Gasteiger partial charge in [-0.1, -0.05) is 36.4 Å². The predicted octanol–water partition coefficient (Wildman–Crippen LogP) is 3.95. The molecule has 0 aliphatic rings. The van der Waals surface area contributed by atoms with Gasteiger partial charge in [0.05, 0.1) is 18.2 Å². The third-order valence-corrected chi connectivity index (χ3v) is 4.74. The monoisotopic (exact) mass is 462 g/mol. The third kappa shape index (κ3) is 5.57. The van der Waals surface area contributed by atoms with Gasteiger partial charge >= 0.3 is 18.0 Å². The second-order valence-electron chi connectivity index (χ2n) is 7.08. The Morgan fingerprint density at radius 3 is 2.32 bits per heavy atom. The minimum absolute atomic E-state index is 0.00141. The fourth-order valence-corrected chi connectivity index (χ4v) is 3.31. The summed E-state index contributed by atoms with van der Waals surface area (Å²) in [5.74, 6) is -1.26. The Morgan fingerprint density at radius 2 is 1.71 bits per heavy atom. The first-order valence-electron chi connectivity index (χ1n) is 10.1. The van der Waals surface area contributed by atoms with Crippen molar-refractivity contribution in [2.24, 2.45) is 5.73 Å². The van der Waals surface area contributed by atoms with E-state index in [1.54, 1.807) is 12.1 Å². The number of primary amides is 1. The molecule has 9 nitrogen and oxygen atoms in total. The molecular formula is C25H22N2O7. The Balaban J connectivity index is 2.13. The van der Waals surface area contributed by atoms with Crippen LogP contribution in [-0.2, 0) is 16.1 Å². The summed E-state index contributed by atoms with van der Waals surface area (Å²) < 4.78 is 16.0. The molecular weight excluding hydrogens is 440 g/mol. The summed E-state index contributed by atoms with van der Waals surface area (Å²) in [4.78, 5) is 47.6. The van der Waals surface area contributed by atoms with Gasteiger partial charge in [0.2, 0.25) is 0 Å². The third-order valence-electron chi connectivity index (χ3n) is 4.74. The molecule has 0 heterocycles. The number of hydrogen-bond acceptors (Lipinski definition) is 7. The average molecular weight is 462 g/mol. The van der Waals surface area contributed by atoms with Crippen LogP contribution in [0.2, 0.25) is 0 Å². The summed E-state index contributed by atoms with van der Waals surface area (Å²) in [6.07, 6.45) is 0.514. The van der Waals surface area contributed by atoms with Gasteiger partial charge in [0.1, 0.15) is 6.61 Å². The smallest absolute Gasteiger partial charge is 0.338 e. The lowest BCUT2D eigenvalue weighted by molar-refractivity contribution is -0.132. The van der Waals surface area contributed by atoms with Gasteiger partial charge in [-0.25, -0.2) is 9.59 Å². The van der Waals surface area contributed by atoms with Crippen molar-refractivity contribution in [1.82, 2.24) is 0 Å². The highest BCUT2D eigenvalue weighted by atomic mass is 16.6. The number of carbonyl (C=O) groups is 4. The summed E-state index contributed by atoms with van der Waals surface area (Å²) in [6, 6.07) is 16.0. The van der Waals surface area contributed by atoms with E-state index in [1.165, 1.54) is 32.2 Å². The molecule has 3 N–H and O–H groups in total. The molecule has 0 saturated carbocycles. The van der Waals surface area contributed by atoms with Gasteiger partial charge in [0.25, 0.3) is 0 Å². The summed E-state index contributed by atoms with van der Waals surface area (Å²) >= 11 is 0. The largest absolute Gasteiger partial charge is 0.485 e. The van der Waals surface area contributed by atoms with Gasteiger partial charge in [-0.2, -0.15) is 0 Å². The highest BCUT2D eigenvalue weighted by Crippen LogP contribution is 2.39. The molecule has 0 aromatic heterocycles. The highest BCUT2D eigenvalue weighted by molar-refractivity contribution is 6.03. The Morgan fingerprint density at radius 1 is 1.00 bits per heavy atom. The maximum atomic E-state index is 12.5. The van der Waals surface area contributed by atoms with Crippen LogP contribution in [0.3, 0.4) is 0 Å². The van der Waals surface area contributed by atoms with Crippen LogP contribution in [0.4, 0.5) is 10.5 Å². The minimum Gasteiger partial charge on any atom is -0.485 e. The van der Waals surface area contributed by atoms with Gasteiger partial charge < -0.3 is 25.3 Å². The maximum Gasteiger partial charge on any atom is 0.338 e. The lowest BCUT2D eigenvalue weighted by Gasteiger charge is -2.17. The van der Waals surface area contributed by atoms with Crippen molar-refractivity contribution in [2.45, 2.75) is 13.5 Å².